The van der Waals surface area contributed by atoms with Gasteiger partial charge in [0.05, 0.1) is 7.11 Å². The van der Waals surface area contributed by atoms with Crippen LogP contribution in [-0.2, 0) is 14.3 Å². The van der Waals surface area contributed by atoms with Gasteiger partial charge in [-0.25, -0.2) is 4.79 Å². The topological polar surface area (TPSA) is 88.4 Å². The normalized spacial score (nSPS) is 22.4. The molecule has 144 valence electrons. The highest BCUT2D eigenvalue weighted by Gasteiger charge is 2.28. The van der Waals surface area contributed by atoms with Crippen LogP contribution in [0.1, 0.15) is 38.7 Å². The predicted octanol–water partition coefficient (Wildman–Crippen LogP) is 3.09. The average Bonchev–Trinajstić information content (AvgIpc) is 2.68. The highest BCUT2D eigenvalue weighted by Crippen LogP contribution is 2.29. The van der Waals surface area contributed by atoms with Gasteiger partial charge < -0.3 is 14.8 Å². The number of esters is 1. The van der Waals surface area contributed by atoms with Crippen LogP contribution in [0.2, 0.25) is 0 Å². The summed E-state index contributed by atoms with van der Waals surface area (Å²) in [5, 5.41) is 12.1. The van der Waals surface area contributed by atoms with E-state index in [0.717, 1.165) is 12.8 Å². The van der Waals surface area contributed by atoms with E-state index in [4.69, 9.17) is 9.47 Å². The number of hydrogen-bond acceptors (Lipinski definition) is 5. The zero-order valence-corrected chi connectivity index (χ0v) is 16.0. The van der Waals surface area contributed by atoms with Crippen molar-refractivity contribution in [2.75, 3.05) is 13.7 Å². The quantitative estimate of drug-likeness (QED) is 0.472. The SMILES string of the molecule is COc1ccc(/C=C(/C#N)C(=O)OCC(=O)N[C@H]2CCC[C@@H](C)[C@H]2C)cc1. The molecule has 1 aromatic carbocycles. The van der Waals surface area contributed by atoms with Gasteiger partial charge in [0.1, 0.15) is 17.4 Å². The lowest BCUT2D eigenvalue weighted by molar-refractivity contribution is -0.144. The molecule has 27 heavy (non-hydrogen) atoms. The van der Waals surface area contributed by atoms with Crippen molar-refractivity contribution in [3.8, 4) is 11.8 Å². The van der Waals surface area contributed by atoms with E-state index < -0.39 is 12.6 Å². The van der Waals surface area contributed by atoms with Crippen molar-refractivity contribution in [2.24, 2.45) is 11.8 Å². The predicted molar refractivity (Wildman–Crippen MR) is 102 cm³/mol. The Hall–Kier alpha value is -2.81. The number of hydrogen-bond donors (Lipinski definition) is 1. The first kappa shape index (κ1) is 20.5. The van der Waals surface area contributed by atoms with Gasteiger partial charge in [0.15, 0.2) is 6.61 Å². The van der Waals surface area contributed by atoms with Gasteiger partial charge in [-0.3, -0.25) is 4.79 Å². The van der Waals surface area contributed by atoms with E-state index in [1.165, 1.54) is 12.5 Å². The fourth-order valence-electron chi connectivity index (χ4n) is 3.25. The maximum absolute atomic E-state index is 12.1. The molecule has 6 heteroatoms. The third-order valence-electron chi connectivity index (χ3n) is 5.15. The lowest BCUT2D eigenvalue weighted by Crippen LogP contribution is -2.45. The minimum Gasteiger partial charge on any atom is -0.497 e. The summed E-state index contributed by atoms with van der Waals surface area (Å²) in [6.45, 7) is 3.93. The van der Waals surface area contributed by atoms with Crippen LogP contribution in [0.15, 0.2) is 29.8 Å². The number of ether oxygens (including phenoxy) is 2. The minimum atomic E-state index is -0.812. The molecule has 1 fully saturated rings. The molecule has 0 radical (unpaired) electrons. The Morgan fingerprint density at radius 3 is 2.59 bits per heavy atom. The van der Waals surface area contributed by atoms with Crippen LogP contribution < -0.4 is 10.1 Å². The number of benzene rings is 1. The first-order valence-electron chi connectivity index (χ1n) is 9.17. The molecule has 1 aromatic rings. The summed E-state index contributed by atoms with van der Waals surface area (Å²) in [7, 11) is 1.56. The van der Waals surface area contributed by atoms with E-state index in [1.807, 2.05) is 6.07 Å². The molecule has 1 aliphatic carbocycles. The van der Waals surface area contributed by atoms with E-state index in [1.54, 1.807) is 31.4 Å². The van der Waals surface area contributed by atoms with Gasteiger partial charge >= 0.3 is 5.97 Å². The lowest BCUT2D eigenvalue weighted by atomic mass is 9.78. The van der Waals surface area contributed by atoms with Crippen LogP contribution in [0.3, 0.4) is 0 Å². The number of amides is 1. The largest absolute Gasteiger partial charge is 0.497 e. The molecule has 0 heterocycles. The number of nitrogens with zero attached hydrogens (tertiary/aromatic N) is 1. The summed E-state index contributed by atoms with van der Waals surface area (Å²) in [5.74, 6) is 0.480. The van der Waals surface area contributed by atoms with Gasteiger partial charge in [-0.05, 0) is 42.0 Å². The zero-order chi connectivity index (χ0) is 19.8. The molecule has 3 atom stereocenters. The van der Waals surface area contributed by atoms with Crippen molar-refractivity contribution in [1.29, 1.82) is 5.26 Å². The summed E-state index contributed by atoms with van der Waals surface area (Å²) in [6, 6.07) is 8.83. The van der Waals surface area contributed by atoms with Crippen LogP contribution >= 0.6 is 0 Å². The number of carbonyl (C=O) groups excluding carboxylic acids is 2. The smallest absolute Gasteiger partial charge is 0.349 e. The van der Waals surface area contributed by atoms with Crippen LogP contribution in [0.25, 0.3) is 6.08 Å². The van der Waals surface area contributed by atoms with Crippen LogP contribution in [0, 0.1) is 23.2 Å². The Labute approximate surface area is 160 Å². The molecule has 0 aliphatic heterocycles. The molecule has 0 saturated heterocycles. The third-order valence-corrected chi connectivity index (χ3v) is 5.15. The molecule has 0 bridgehead atoms. The minimum absolute atomic E-state index is 0.102. The van der Waals surface area contributed by atoms with Gasteiger partial charge in [-0.15, -0.1) is 0 Å². The Morgan fingerprint density at radius 1 is 1.26 bits per heavy atom. The number of nitriles is 1. The average molecular weight is 370 g/mol. The Balaban J connectivity index is 1.89. The van der Waals surface area contributed by atoms with E-state index in [2.05, 4.69) is 19.2 Å². The van der Waals surface area contributed by atoms with Crippen molar-refractivity contribution in [1.82, 2.24) is 5.32 Å². The molecule has 0 aromatic heterocycles. The van der Waals surface area contributed by atoms with Gasteiger partial charge in [-0.1, -0.05) is 38.8 Å². The maximum Gasteiger partial charge on any atom is 0.349 e. The molecular weight excluding hydrogens is 344 g/mol. The second-order valence-corrected chi connectivity index (χ2v) is 6.96. The summed E-state index contributed by atoms with van der Waals surface area (Å²) in [4.78, 5) is 24.2. The number of carbonyl (C=O) groups is 2. The number of methoxy groups -OCH3 is 1. The Bertz CT molecular complexity index is 734. The summed E-state index contributed by atoms with van der Waals surface area (Å²) in [5.41, 5.74) is 0.506. The zero-order valence-electron chi connectivity index (χ0n) is 16.0. The molecular formula is C21H26N2O4. The van der Waals surface area contributed by atoms with Crippen molar-refractivity contribution in [3.63, 3.8) is 0 Å². The molecule has 1 N–H and O–H groups in total. The fourth-order valence-corrected chi connectivity index (χ4v) is 3.25. The van der Waals surface area contributed by atoms with Crippen LogP contribution in [0.4, 0.5) is 0 Å². The fraction of sp³-hybridized carbons (Fsp3) is 0.476. The second kappa shape index (κ2) is 9.77. The van der Waals surface area contributed by atoms with E-state index in [9.17, 15) is 14.9 Å². The molecule has 0 spiro atoms. The van der Waals surface area contributed by atoms with Crippen LogP contribution in [0.5, 0.6) is 5.75 Å². The summed E-state index contributed by atoms with van der Waals surface area (Å²) < 4.78 is 10.1. The van der Waals surface area contributed by atoms with Crippen molar-refractivity contribution in [2.45, 2.75) is 39.2 Å². The molecule has 1 aliphatic rings. The van der Waals surface area contributed by atoms with E-state index in [-0.39, 0.29) is 17.5 Å². The van der Waals surface area contributed by atoms with Crippen molar-refractivity contribution < 1.29 is 19.1 Å². The number of nitrogens with one attached hydrogen (secondary N) is 1. The van der Waals surface area contributed by atoms with Crippen molar-refractivity contribution >= 4 is 18.0 Å². The highest BCUT2D eigenvalue weighted by atomic mass is 16.5. The first-order valence-corrected chi connectivity index (χ1v) is 9.17. The van der Waals surface area contributed by atoms with Crippen molar-refractivity contribution in [3.05, 3.63) is 35.4 Å². The lowest BCUT2D eigenvalue weighted by Gasteiger charge is -2.34. The molecule has 1 amide bonds. The van der Waals surface area contributed by atoms with E-state index >= 15 is 0 Å². The Kier molecular flexibility index (Phi) is 7.42. The monoisotopic (exact) mass is 370 g/mol. The molecule has 6 nitrogen and oxygen atoms in total. The molecule has 0 unspecified atom stereocenters. The van der Waals surface area contributed by atoms with Gasteiger partial charge in [0, 0.05) is 6.04 Å². The van der Waals surface area contributed by atoms with Gasteiger partial charge in [0.2, 0.25) is 0 Å². The van der Waals surface area contributed by atoms with Gasteiger partial charge in [-0.2, -0.15) is 5.26 Å². The summed E-state index contributed by atoms with van der Waals surface area (Å²) in [6.07, 6.45) is 4.61. The maximum atomic E-state index is 12.1. The third kappa shape index (κ3) is 5.85. The van der Waals surface area contributed by atoms with E-state index in [0.29, 0.717) is 23.1 Å². The number of rotatable bonds is 6. The molecule has 1 saturated carbocycles. The van der Waals surface area contributed by atoms with Crippen LogP contribution in [-0.4, -0.2) is 31.6 Å². The van der Waals surface area contributed by atoms with Gasteiger partial charge in [0.25, 0.3) is 5.91 Å². The highest BCUT2D eigenvalue weighted by molar-refractivity contribution is 5.98. The summed E-state index contributed by atoms with van der Waals surface area (Å²) >= 11 is 0. The Morgan fingerprint density at radius 2 is 1.96 bits per heavy atom. The second-order valence-electron chi connectivity index (χ2n) is 6.96. The standard InChI is InChI=1S/C21H26N2O4/c1-14-5-4-6-19(15(14)2)23-20(24)13-27-21(25)17(12-22)11-16-7-9-18(26-3)10-8-16/h7-11,14-15,19H,4-6,13H2,1-3H3,(H,23,24)/b17-11-/t14-,15-,19+/m1/s1. The first-order chi connectivity index (χ1) is 12.9. The molecule has 2 rings (SSSR count).